The van der Waals surface area contributed by atoms with Crippen LogP contribution in [0.25, 0.3) is 11.3 Å². The molecular weight excluding hydrogens is 360 g/mol. The van der Waals surface area contributed by atoms with E-state index in [0.717, 1.165) is 39.5 Å². The molecule has 0 spiro atoms. The summed E-state index contributed by atoms with van der Waals surface area (Å²) in [6, 6.07) is 13.6. The van der Waals surface area contributed by atoms with E-state index in [1.807, 2.05) is 68.0 Å². The lowest BCUT2D eigenvalue weighted by Crippen LogP contribution is -2.07. The van der Waals surface area contributed by atoms with Gasteiger partial charge < -0.3 is 4.74 Å². The molecule has 0 aliphatic rings. The zero-order valence-corrected chi connectivity index (χ0v) is 16.8. The Kier molecular flexibility index (Phi) is 5.66. The predicted octanol–water partition coefficient (Wildman–Crippen LogP) is 5.12. The Bertz CT molecular complexity index is 975. The number of hydrogen-bond acceptors (Lipinski definition) is 3. The van der Waals surface area contributed by atoms with Crippen molar-refractivity contribution in [3.05, 3.63) is 75.4 Å². The van der Waals surface area contributed by atoms with Crippen LogP contribution in [0.3, 0.4) is 0 Å². The van der Waals surface area contributed by atoms with Crippen molar-refractivity contribution in [2.24, 2.45) is 7.05 Å². The Balaban J connectivity index is 1.93. The van der Waals surface area contributed by atoms with Gasteiger partial charge in [-0.15, -0.1) is 0 Å². The second-order valence-electron chi connectivity index (χ2n) is 6.60. The highest BCUT2D eigenvalue weighted by atomic mass is 35.5. The number of halogens is 1. The number of aryl methyl sites for hydroxylation is 2. The molecule has 3 aromatic rings. The number of esters is 1. The van der Waals surface area contributed by atoms with Gasteiger partial charge in [0.2, 0.25) is 0 Å². The van der Waals surface area contributed by atoms with Crippen LogP contribution >= 0.6 is 11.6 Å². The minimum Gasteiger partial charge on any atom is -0.462 e. The highest BCUT2D eigenvalue weighted by Gasteiger charge is 2.17. The summed E-state index contributed by atoms with van der Waals surface area (Å²) in [7, 11) is 1.95. The summed E-state index contributed by atoms with van der Waals surface area (Å²) in [4.78, 5) is 12.0. The Labute approximate surface area is 164 Å². The number of benzene rings is 2. The molecule has 140 valence electrons. The normalized spacial score (nSPS) is 10.9. The molecule has 1 heterocycles. The molecule has 0 amide bonds. The van der Waals surface area contributed by atoms with E-state index in [2.05, 4.69) is 6.92 Å². The van der Waals surface area contributed by atoms with Crippen LogP contribution in [-0.4, -0.2) is 22.4 Å². The molecule has 3 rings (SSSR count). The van der Waals surface area contributed by atoms with Crippen LogP contribution in [0.4, 0.5) is 0 Å². The second kappa shape index (κ2) is 7.97. The van der Waals surface area contributed by atoms with Crippen molar-refractivity contribution in [2.75, 3.05) is 6.61 Å². The zero-order chi connectivity index (χ0) is 19.6. The molecule has 0 saturated heterocycles. The van der Waals surface area contributed by atoms with Gasteiger partial charge >= 0.3 is 5.97 Å². The first-order chi connectivity index (χ1) is 12.9. The maximum Gasteiger partial charge on any atom is 0.338 e. The SMILES string of the molecule is CCOC(=O)c1ccc(-c2c(C)c(Cc3ccc(Cl)cc3)nn2C)cc1C. The number of carbonyl (C=O) groups excluding carboxylic acids is 1. The molecule has 4 nitrogen and oxygen atoms in total. The van der Waals surface area contributed by atoms with Crippen molar-refractivity contribution in [3.8, 4) is 11.3 Å². The molecule has 0 saturated carbocycles. The van der Waals surface area contributed by atoms with Crippen LogP contribution in [0, 0.1) is 13.8 Å². The molecule has 0 aliphatic carbocycles. The van der Waals surface area contributed by atoms with Crippen molar-refractivity contribution in [2.45, 2.75) is 27.2 Å². The Hall–Kier alpha value is -2.59. The molecule has 2 aromatic carbocycles. The zero-order valence-electron chi connectivity index (χ0n) is 16.0. The number of carbonyl (C=O) groups is 1. The highest BCUT2D eigenvalue weighted by Crippen LogP contribution is 2.28. The second-order valence-corrected chi connectivity index (χ2v) is 7.03. The van der Waals surface area contributed by atoms with Crippen molar-refractivity contribution < 1.29 is 9.53 Å². The number of rotatable bonds is 5. The van der Waals surface area contributed by atoms with E-state index in [4.69, 9.17) is 21.4 Å². The average Bonchev–Trinajstić information content (AvgIpc) is 2.90. The fourth-order valence-corrected chi connectivity index (χ4v) is 3.43. The van der Waals surface area contributed by atoms with Crippen molar-refractivity contribution in [1.29, 1.82) is 0 Å². The molecular formula is C22H23ClN2O2. The molecule has 1 aromatic heterocycles. The van der Waals surface area contributed by atoms with E-state index < -0.39 is 0 Å². The van der Waals surface area contributed by atoms with Gasteiger partial charge in [-0.1, -0.05) is 29.8 Å². The molecule has 0 atom stereocenters. The van der Waals surface area contributed by atoms with Gasteiger partial charge in [-0.05, 0) is 61.7 Å². The summed E-state index contributed by atoms with van der Waals surface area (Å²) < 4.78 is 7.02. The van der Waals surface area contributed by atoms with Crippen LogP contribution in [-0.2, 0) is 18.2 Å². The standard InChI is InChI=1S/C22H23ClN2O2/c1-5-27-22(26)19-11-8-17(12-14(19)2)21-15(3)20(24-25(21)4)13-16-6-9-18(23)10-7-16/h6-12H,5,13H2,1-4H3. The van der Waals surface area contributed by atoms with Gasteiger partial charge in [0.15, 0.2) is 0 Å². The van der Waals surface area contributed by atoms with E-state index in [0.29, 0.717) is 12.2 Å². The number of aromatic nitrogens is 2. The topological polar surface area (TPSA) is 44.1 Å². The molecule has 0 bridgehead atoms. The van der Waals surface area contributed by atoms with Gasteiger partial charge in [0.1, 0.15) is 0 Å². The summed E-state index contributed by atoms with van der Waals surface area (Å²) in [6.45, 7) is 6.19. The van der Waals surface area contributed by atoms with Crippen LogP contribution < -0.4 is 0 Å². The fraction of sp³-hybridized carbons (Fsp3) is 0.273. The maximum absolute atomic E-state index is 12.0. The first kappa shape index (κ1) is 19.2. The van der Waals surface area contributed by atoms with E-state index in [-0.39, 0.29) is 5.97 Å². The number of nitrogens with zero attached hydrogens (tertiary/aromatic N) is 2. The van der Waals surface area contributed by atoms with E-state index in [9.17, 15) is 4.79 Å². The Morgan fingerprint density at radius 2 is 1.85 bits per heavy atom. The largest absolute Gasteiger partial charge is 0.462 e. The van der Waals surface area contributed by atoms with Crippen LogP contribution in [0.5, 0.6) is 0 Å². The summed E-state index contributed by atoms with van der Waals surface area (Å²) in [6.07, 6.45) is 0.747. The molecule has 0 fully saturated rings. The first-order valence-corrected chi connectivity index (χ1v) is 9.33. The van der Waals surface area contributed by atoms with Gasteiger partial charge in [0.25, 0.3) is 0 Å². The fourth-order valence-electron chi connectivity index (χ4n) is 3.30. The molecule has 0 unspecified atom stereocenters. The molecule has 0 N–H and O–H groups in total. The average molecular weight is 383 g/mol. The third-order valence-electron chi connectivity index (χ3n) is 4.66. The van der Waals surface area contributed by atoms with Crippen molar-refractivity contribution >= 4 is 17.6 Å². The van der Waals surface area contributed by atoms with Crippen molar-refractivity contribution in [1.82, 2.24) is 9.78 Å². The third-order valence-corrected chi connectivity index (χ3v) is 4.91. The van der Waals surface area contributed by atoms with Gasteiger partial charge in [-0.2, -0.15) is 5.10 Å². The third kappa shape index (κ3) is 4.06. The van der Waals surface area contributed by atoms with Gasteiger partial charge in [-0.25, -0.2) is 4.79 Å². The first-order valence-electron chi connectivity index (χ1n) is 8.95. The minimum absolute atomic E-state index is 0.285. The predicted molar refractivity (Wildman–Crippen MR) is 108 cm³/mol. The highest BCUT2D eigenvalue weighted by molar-refractivity contribution is 6.30. The van der Waals surface area contributed by atoms with Crippen LogP contribution in [0.1, 0.15) is 39.7 Å². The lowest BCUT2D eigenvalue weighted by atomic mass is 9.99. The molecule has 0 aliphatic heterocycles. The van der Waals surface area contributed by atoms with Crippen LogP contribution in [0.15, 0.2) is 42.5 Å². The summed E-state index contributed by atoms with van der Waals surface area (Å²) in [5.41, 5.74) is 6.92. The van der Waals surface area contributed by atoms with Gasteiger partial charge in [0, 0.05) is 24.1 Å². The maximum atomic E-state index is 12.0. The number of ether oxygens (including phenoxy) is 1. The Morgan fingerprint density at radius 3 is 2.48 bits per heavy atom. The smallest absolute Gasteiger partial charge is 0.338 e. The van der Waals surface area contributed by atoms with Gasteiger partial charge in [-0.3, -0.25) is 4.68 Å². The van der Waals surface area contributed by atoms with Gasteiger partial charge in [0.05, 0.1) is 23.6 Å². The van der Waals surface area contributed by atoms with E-state index in [1.54, 1.807) is 0 Å². The van der Waals surface area contributed by atoms with Crippen LogP contribution in [0.2, 0.25) is 5.02 Å². The lowest BCUT2D eigenvalue weighted by molar-refractivity contribution is 0.0525. The molecule has 0 radical (unpaired) electrons. The quantitative estimate of drug-likeness (QED) is 0.575. The molecule has 5 heteroatoms. The summed E-state index contributed by atoms with van der Waals surface area (Å²) in [5.74, 6) is -0.285. The minimum atomic E-state index is -0.285. The van der Waals surface area contributed by atoms with Crippen molar-refractivity contribution in [3.63, 3.8) is 0 Å². The number of hydrogen-bond donors (Lipinski definition) is 0. The Morgan fingerprint density at radius 1 is 1.15 bits per heavy atom. The molecule has 27 heavy (non-hydrogen) atoms. The monoisotopic (exact) mass is 382 g/mol. The summed E-state index contributed by atoms with van der Waals surface area (Å²) in [5, 5.41) is 5.44. The van der Waals surface area contributed by atoms with E-state index >= 15 is 0 Å². The van der Waals surface area contributed by atoms with E-state index in [1.165, 1.54) is 5.56 Å². The summed E-state index contributed by atoms with van der Waals surface area (Å²) >= 11 is 5.97. The lowest BCUT2D eigenvalue weighted by Gasteiger charge is -2.09.